The lowest BCUT2D eigenvalue weighted by Crippen LogP contribution is -2.43. The van der Waals surface area contributed by atoms with Crippen LogP contribution in [0.4, 0.5) is 0 Å². The van der Waals surface area contributed by atoms with E-state index in [4.69, 9.17) is 11.6 Å². The van der Waals surface area contributed by atoms with Crippen LogP contribution in [0.2, 0.25) is 5.02 Å². The summed E-state index contributed by atoms with van der Waals surface area (Å²) in [6, 6.07) is 7.74. The second kappa shape index (κ2) is 5.74. The number of nitrogens with one attached hydrogen (secondary N) is 1. The number of carbonyl (C=O) groups excluding carboxylic acids is 1. The van der Waals surface area contributed by atoms with E-state index in [1.54, 1.807) is 0 Å². The van der Waals surface area contributed by atoms with E-state index in [0.29, 0.717) is 10.9 Å². The molecule has 1 aromatic rings. The van der Waals surface area contributed by atoms with E-state index >= 15 is 0 Å². The SMILES string of the molecule is CCC1(C)NC(c2cccc(Cl)c2)N(CC(C)C)C1=O. The normalized spacial score (nSPS) is 26.6. The monoisotopic (exact) mass is 294 g/mol. The van der Waals surface area contributed by atoms with Gasteiger partial charge in [0, 0.05) is 11.6 Å². The number of nitrogens with zero attached hydrogens (tertiary/aromatic N) is 1. The summed E-state index contributed by atoms with van der Waals surface area (Å²) in [4.78, 5) is 14.6. The summed E-state index contributed by atoms with van der Waals surface area (Å²) in [5.41, 5.74) is 0.561. The molecule has 0 bridgehead atoms. The Bertz CT molecular complexity index is 503. The molecule has 1 fully saturated rings. The first-order chi connectivity index (χ1) is 9.37. The van der Waals surface area contributed by atoms with Gasteiger partial charge in [-0.3, -0.25) is 10.1 Å². The average molecular weight is 295 g/mol. The highest BCUT2D eigenvalue weighted by atomic mass is 35.5. The molecular weight excluding hydrogens is 272 g/mol. The van der Waals surface area contributed by atoms with Gasteiger partial charge in [-0.2, -0.15) is 0 Å². The zero-order valence-electron chi connectivity index (χ0n) is 12.6. The highest BCUT2D eigenvalue weighted by Gasteiger charge is 2.47. The predicted molar refractivity (Wildman–Crippen MR) is 82.6 cm³/mol. The predicted octanol–water partition coefficient (Wildman–Crippen LogP) is 3.60. The molecule has 0 saturated carbocycles. The van der Waals surface area contributed by atoms with Crippen LogP contribution in [0.3, 0.4) is 0 Å². The molecule has 1 N–H and O–H groups in total. The molecule has 20 heavy (non-hydrogen) atoms. The maximum atomic E-state index is 12.7. The van der Waals surface area contributed by atoms with Crippen molar-refractivity contribution >= 4 is 17.5 Å². The third-order valence-corrected chi connectivity index (χ3v) is 4.17. The van der Waals surface area contributed by atoms with Crippen molar-refractivity contribution in [3.8, 4) is 0 Å². The Morgan fingerprint density at radius 1 is 1.45 bits per heavy atom. The molecule has 4 heteroatoms. The van der Waals surface area contributed by atoms with Crippen LogP contribution < -0.4 is 5.32 Å². The van der Waals surface area contributed by atoms with Crippen LogP contribution in [0, 0.1) is 5.92 Å². The Morgan fingerprint density at radius 3 is 2.70 bits per heavy atom. The van der Waals surface area contributed by atoms with Gasteiger partial charge in [-0.25, -0.2) is 0 Å². The molecule has 1 aromatic carbocycles. The molecule has 2 rings (SSSR count). The Morgan fingerprint density at radius 2 is 2.15 bits per heavy atom. The fourth-order valence-electron chi connectivity index (χ4n) is 2.65. The van der Waals surface area contributed by atoms with E-state index in [1.165, 1.54) is 0 Å². The van der Waals surface area contributed by atoms with E-state index in [0.717, 1.165) is 18.5 Å². The van der Waals surface area contributed by atoms with Crippen molar-refractivity contribution in [3.63, 3.8) is 0 Å². The molecule has 0 aliphatic carbocycles. The zero-order valence-corrected chi connectivity index (χ0v) is 13.4. The van der Waals surface area contributed by atoms with Crippen molar-refractivity contribution in [2.75, 3.05) is 6.54 Å². The number of hydrogen-bond donors (Lipinski definition) is 1. The Hall–Kier alpha value is -1.06. The molecule has 3 nitrogen and oxygen atoms in total. The summed E-state index contributed by atoms with van der Waals surface area (Å²) in [6.07, 6.45) is 0.686. The minimum atomic E-state index is -0.484. The van der Waals surface area contributed by atoms with E-state index in [1.807, 2.05) is 43.0 Å². The van der Waals surface area contributed by atoms with Gasteiger partial charge in [0.1, 0.15) is 6.17 Å². The van der Waals surface area contributed by atoms with Crippen LogP contribution in [0.25, 0.3) is 0 Å². The molecule has 2 atom stereocenters. The van der Waals surface area contributed by atoms with Crippen LogP contribution in [-0.4, -0.2) is 22.9 Å². The van der Waals surface area contributed by atoms with Crippen molar-refractivity contribution in [2.24, 2.45) is 5.92 Å². The van der Waals surface area contributed by atoms with Crippen molar-refractivity contribution in [3.05, 3.63) is 34.9 Å². The topological polar surface area (TPSA) is 32.3 Å². The smallest absolute Gasteiger partial charge is 0.244 e. The van der Waals surface area contributed by atoms with Crippen LogP contribution in [0.1, 0.15) is 45.8 Å². The fourth-order valence-corrected chi connectivity index (χ4v) is 2.85. The largest absolute Gasteiger partial charge is 0.321 e. The number of rotatable bonds is 4. The minimum Gasteiger partial charge on any atom is -0.321 e. The van der Waals surface area contributed by atoms with Gasteiger partial charge in [0.05, 0.1) is 5.54 Å². The van der Waals surface area contributed by atoms with Gasteiger partial charge in [0.25, 0.3) is 0 Å². The van der Waals surface area contributed by atoms with Crippen LogP contribution >= 0.6 is 11.6 Å². The number of halogens is 1. The van der Waals surface area contributed by atoms with Crippen molar-refractivity contribution < 1.29 is 4.79 Å². The number of hydrogen-bond acceptors (Lipinski definition) is 2. The molecule has 0 aromatic heterocycles. The Kier molecular flexibility index (Phi) is 4.40. The first kappa shape index (κ1) is 15.3. The molecule has 110 valence electrons. The average Bonchev–Trinajstić information content (AvgIpc) is 2.64. The number of benzene rings is 1. The molecule has 1 amide bonds. The summed E-state index contributed by atoms with van der Waals surface area (Å²) in [5.74, 6) is 0.611. The lowest BCUT2D eigenvalue weighted by Gasteiger charge is -2.26. The molecule has 1 aliphatic heterocycles. The summed E-state index contributed by atoms with van der Waals surface area (Å²) in [7, 11) is 0. The Balaban J connectivity index is 2.36. The molecule has 1 heterocycles. The maximum absolute atomic E-state index is 12.7. The van der Waals surface area contributed by atoms with E-state index in [2.05, 4.69) is 19.2 Å². The number of carbonyl (C=O) groups is 1. The number of amides is 1. The summed E-state index contributed by atoms with van der Waals surface area (Å²) in [6.45, 7) is 9.03. The molecule has 1 saturated heterocycles. The van der Waals surface area contributed by atoms with Crippen molar-refractivity contribution in [2.45, 2.75) is 45.8 Å². The third-order valence-electron chi connectivity index (χ3n) is 3.93. The van der Waals surface area contributed by atoms with Crippen molar-refractivity contribution in [1.29, 1.82) is 0 Å². The molecule has 2 unspecified atom stereocenters. The van der Waals surface area contributed by atoms with Gasteiger partial charge < -0.3 is 4.90 Å². The third kappa shape index (κ3) is 2.84. The standard InChI is InChI=1S/C16H23ClN2O/c1-5-16(4)15(20)19(10-11(2)3)14(18-16)12-7-6-8-13(17)9-12/h6-9,11,14,18H,5,10H2,1-4H3. The second-order valence-electron chi connectivity index (χ2n) is 6.14. The van der Waals surface area contributed by atoms with Gasteiger partial charge >= 0.3 is 0 Å². The van der Waals surface area contributed by atoms with E-state index in [-0.39, 0.29) is 12.1 Å². The van der Waals surface area contributed by atoms with Crippen LogP contribution in [-0.2, 0) is 4.79 Å². The van der Waals surface area contributed by atoms with Crippen molar-refractivity contribution in [1.82, 2.24) is 10.2 Å². The summed E-state index contributed by atoms with van der Waals surface area (Å²) < 4.78 is 0. The van der Waals surface area contributed by atoms with Gasteiger partial charge in [-0.05, 0) is 37.0 Å². The molecular formula is C16H23ClN2O. The first-order valence-electron chi connectivity index (χ1n) is 7.21. The van der Waals surface area contributed by atoms with Gasteiger partial charge in [0.2, 0.25) is 5.91 Å². The lowest BCUT2D eigenvalue weighted by molar-refractivity contribution is -0.133. The second-order valence-corrected chi connectivity index (χ2v) is 6.58. The molecule has 1 aliphatic rings. The van der Waals surface area contributed by atoms with Gasteiger partial charge in [-0.1, -0.05) is 44.5 Å². The highest BCUT2D eigenvalue weighted by molar-refractivity contribution is 6.30. The molecule has 0 spiro atoms. The summed E-state index contributed by atoms with van der Waals surface area (Å²) >= 11 is 6.09. The quantitative estimate of drug-likeness (QED) is 0.920. The lowest BCUT2D eigenvalue weighted by atomic mass is 9.99. The molecule has 0 radical (unpaired) electrons. The van der Waals surface area contributed by atoms with E-state index < -0.39 is 5.54 Å². The highest BCUT2D eigenvalue weighted by Crippen LogP contribution is 2.33. The van der Waals surface area contributed by atoms with Gasteiger partial charge in [-0.15, -0.1) is 0 Å². The summed E-state index contributed by atoms with van der Waals surface area (Å²) in [5, 5.41) is 4.18. The van der Waals surface area contributed by atoms with E-state index in [9.17, 15) is 4.79 Å². The van der Waals surface area contributed by atoms with Crippen LogP contribution in [0.5, 0.6) is 0 Å². The zero-order chi connectivity index (χ0) is 14.9. The maximum Gasteiger partial charge on any atom is 0.244 e. The Labute approximate surface area is 126 Å². The van der Waals surface area contributed by atoms with Gasteiger partial charge in [0.15, 0.2) is 0 Å². The first-order valence-corrected chi connectivity index (χ1v) is 7.59. The fraction of sp³-hybridized carbons (Fsp3) is 0.562. The van der Waals surface area contributed by atoms with Crippen LogP contribution in [0.15, 0.2) is 24.3 Å². The minimum absolute atomic E-state index is 0.0893.